The topological polar surface area (TPSA) is 66.8 Å². The lowest BCUT2D eigenvalue weighted by atomic mass is 10.0. The third kappa shape index (κ3) is 3.36. The fraction of sp³-hybridized carbons (Fsp3) is 0.364. The summed E-state index contributed by atoms with van der Waals surface area (Å²) in [5, 5.41) is 17.6. The second kappa shape index (κ2) is 5.26. The van der Waals surface area contributed by atoms with Gasteiger partial charge >= 0.3 is 12.1 Å². The summed E-state index contributed by atoms with van der Waals surface area (Å²) in [6.45, 7) is 0. The first-order valence-corrected chi connectivity index (χ1v) is 4.90. The fourth-order valence-corrected chi connectivity index (χ4v) is 1.44. The molecule has 0 bridgehead atoms. The molecule has 7 heteroatoms. The lowest BCUT2D eigenvalue weighted by molar-refractivity contribution is -0.147. The van der Waals surface area contributed by atoms with Crippen LogP contribution in [-0.4, -0.2) is 29.4 Å². The lowest BCUT2D eigenvalue weighted by Crippen LogP contribution is -2.23. The van der Waals surface area contributed by atoms with Crippen LogP contribution in [0.5, 0.6) is 5.75 Å². The van der Waals surface area contributed by atoms with Gasteiger partial charge in [-0.3, -0.25) is 0 Å². The van der Waals surface area contributed by atoms with Crippen LogP contribution in [0.25, 0.3) is 0 Å². The van der Waals surface area contributed by atoms with Crippen molar-refractivity contribution in [2.75, 3.05) is 7.11 Å². The molecule has 0 fully saturated rings. The summed E-state index contributed by atoms with van der Waals surface area (Å²) < 4.78 is 42.8. The molecule has 0 heterocycles. The zero-order valence-electron chi connectivity index (χ0n) is 9.36. The Bertz CT molecular complexity index is 442. The van der Waals surface area contributed by atoms with Gasteiger partial charge in [0.05, 0.1) is 12.7 Å². The Labute approximate surface area is 101 Å². The highest BCUT2D eigenvalue weighted by Gasteiger charge is 2.34. The number of rotatable bonds is 4. The number of carboxylic acid groups (broad SMARTS) is 1. The molecule has 0 aliphatic heterocycles. The van der Waals surface area contributed by atoms with Crippen LogP contribution in [-0.2, 0) is 17.4 Å². The Hall–Kier alpha value is -1.76. The molecule has 1 aromatic carbocycles. The molecule has 1 unspecified atom stereocenters. The van der Waals surface area contributed by atoms with E-state index in [0.29, 0.717) is 0 Å². The number of hydrogen-bond donors (Lipinski definition) is 2. The van der Waals surface area contributed by atoms with Crippen LogP contribution in [0, 0.1) is 0 Å². The average molecular weight is 264 g/mol. The van der Waals surface area contributed by atoms with E-state index in [1.54, 1.807) is 0 Å². The maximum atomic E-state index is 12.7. The number of methoxy groups -OCH3 is 1. The van der Waals surface area contributed by atoms with E-state index in [9.17, 15) is 18.0 Å². The van der Waals surface area contributed by atoms with E-state index in [0.717, 1.165) is 18.2 Å². The molecule has 0 amide bonds. The van der Waals surface area contributed by atoms with Crippen molar-refractivity contribution >= 4 is 5.97 Å². The van der Waals surface area contributed by atoms with Crippen LogP contribution in [0.15, 0.2) is 18.2 Å². The predicted molar refractivity (Wildman–Crippen MR) is 55.3 cm³/mol. The van der Waals surface area contributed by atoms with Gasteiger partial charge in [-0.25, -0.2) is 4.79 Å². The van der Waals surface area contributed by atoms with Crippen molar-refractivity contribution in [2.45, 2.75) is 18.7 Å². The maximum absolute atomic E-state index is 12.7. The number of ether oxygens (including phenoxy) is 1. The Morgan fingerprint density at radius 1 is 1.44 bits per heavy atom. The minimum atomic E-state index is -4.61. The number of aliphatic hydroxyl groups is 1. The summed E-state index contributed by atoms with van der Waals surface area (Å²) in [5.74, 6) is -1.42. The number of aliphatic hydroxyl groups excluding tert-OH is 1. The smallest absolute Gasteiger partial charge is 0.416 e. The van der Waals surface area contributed by atoms with Crippen LogP contribution in [0.1, 0.15) is 11.1 Å². The van der Waals surface area contributed by atoms with E-state index in [-0.39, 0.29) is 11.3 Å². The normalized spacial score (nSPS) is 13.2. The molecule has 0 radical (unpaired) electrons. The molecular formula is C11H11F3O4. The first kappa shape index (κ1) is 14.3. The van der Waals surface area contributed by atoms with Crippen molar-refractivity contribution in [1.82, 2.24) is 0 Å². The first-order valence-electron chi connectivity index (χ1n) is 4.90. The maximum Gasteiger partial charge on any atom is 0.416 e. The van der Waals surface area contributed by atoms with Gasteiger partial charge in [-0.1, -0.05) is 0 Å². The average Bonchev–Trinajstić information content (AvgIpc) is 2.27. The second-order valence-corrected chi connectivity index (χ2v) is 3.58. The SMILES string of the molecule is COc1ccc(C(F)(F)F)c(CC(O)C(=O)O)c1. The van der Waals surface area contributed by atoms with Gasteiger partial charge in [-0.05, 0) is 23.8 Å². The van der Waals surface area contributed by atoms with Crippen LogP contribution < -0.4 is 4.74 Å². The molecular weight excluding hydrogens is 253 g/mol. The highest BCUT2D eigenvalue weighted by atomic mass is 19.4. The third-order valence-corrected chi connectivity index (χ3v) is 2.32. The number of aliphatic carboxylic acids is 1. The van der Waals surface area contributed by atoms with Crippen LogP contribution in [0.3, 0.4) is 0 Å². The van der Waals surface area contributed by atoms with Crippen molar-refractivity contribution in [3.63, 3.8) is 0 Å². The molecule has 100 valence electrons. The van der Waals surface area contributed by atoms with Crippen molar-refractivity contribution in [2.24, 2.45) is 0 Å². The van der Waals surface area contributed by atoms with E-state index in [1.165, 1.54) is 7.11 Å². The molecule has 0 aromatic heterocycles. The standard InChI is InChI=1S/C11H11F3O4/c1-18-7-2-3-8(11(12,13)14)6(4-7)5-9(15)10(16)17/h2-4,9,15H,5H2,1H3,(H,16,17). The van der Waals surface area contributed by atoms with Gasteiger partial charge in [0.2, 0.25) is 0 Å². The second-order valence-electron chi connectivity index (χ2n) is 3.58. The summed E-state index contributed by atoms with van der Waals surface area (Å²) >= 11 is 0. The third-order valence-electron chi connectivity index (χ3n) is 2.32. The lowest BCUT2D eigenvalue weighted by Gasteiger charge is -2.15. The quantitative estimate of drug-likeness (QED) is 0.868. The van der Waals surface area contributed by atoms with Crippen molar-refractivity contribution in [3.8, 4) is 5.75 Å². The molecule has 4 nitrogen and oxygen atoms in total. The Balaban J connectivity index is 3.16. The fourth-order valence-electron chi connectivity index (χ4n) is 1.44. The van der Waals surface area contributed by atoms with E-state index in [1.807, 2.05) is 0 Å². The molecule has 18 heavy (non-hydrogen) atoms. The highest BCUT2D eigenvalue weighted by molar-refractivity contribution is 5.72. The zero-order chi connectivity index (χ0) is 13.9. The van der Waals surface area contributed by atoms with Crippen LogP contribution in [0.4, 0.5) is 13.2 Å². The van der Waals surface area contributed by atoms with E-state index in [2.05, 4.69) is 0 Å². The molecule has 0 aliphatic carbocycles. The summed E-state index contributed by atoms with van der Waals surface area (Å²) in [7, 11) is 1.28. The van der Waals surface area contributed by atoms with Crippen molar-refractivity contribution in [1.29, 1.82) is 0 Å². The Kier molecular flexibility index (Phi) is 4.18. The summed E-state index contributed by atoms with van der Waals surface area (Å²) in [4.78, 5) is 10.5. The van der Waals surface area contributed by atoms with Gasteiger partial charge in [0.25, 0.3) is 0 Å². The number of hydrogen-bond acceptors (Lipinski definition) is 3. The summed E-state index contributed by atoms with van der Waals surface area (Å²) in [6, 6.07) is 2.98. The molecule has 0 saturated carbocycles. The number of carboxylic acids is 1. The number of halogens is 3. The number of benzene rings is 1. The number of carbonyl (C=O) groups is 1. The first-order chi connectivity index (χ1) is 8.25. The molecule has 1 aromatic rings. The van der Waals surface area contributed by atoms with Gasteiger partial charge in [0.15, 0.2) is 6.10 Å². The molecule has 2 N–H and O–H groups in total. The van der Waals surface area contributed by atoms with E-state index >= 15 is 0 Å². The summed E-state index contributed by atoms with van der Waals surface area (Å²) in [5.41, 5.74) is -1.31. The highest BCUT2D eigenvalue weighted by Crippen LogP contribution is 2.34. The molecule has 1 atom stereocenters. The Morgan fingerprint density at radius 2 is 2.06 bits per heavy atom. The summed E-state index contributed by atoms with van der Waals surface area (Å²) in [6.07, 6.45) is -7.14. The molecule has 0 saturated heterocycles. The largest absolute Gasteiger partial charge is 0.497 e. The number of alkyl halides is 3. The monoisotopic (exact) mass is 264 g/mol. The zero-order valence-corrected chi connectivity index (χ0v) is 9.36. The van der Waals surface area contributed by atoms with Crippen LogP contribution in [0.2, 0.25) is 0 Å². The van der Waals surface area contributed by atoms with Gasteiger partial charge in [-0.15, -0.1) is 0 Å². The minimum Gasteiger partial charge on any atom is -0.497 e. The molecule has 1 rings (SSSR count). The van der Waals surface area contributed by atoms with Gasteiger partial charge in [-0.2, -0.15) is 13.2 Å². The van der Waals surface area contributed by atoms with Crippen molar-refractivity contribution in [3.05, 3.63) is 29.3 Å². The minimum absolute atomic E-state index is 0.163. The van der Waals surface area contributed by atoms with Crippen molar-refractivity contribution < 1.29 is 32.9 Å². The van der Waals surface area contributed by atoms with Gasteiger partial charge in [0, 0.05) is 6.42 Å². The molecule has 0 spiro atoms. The van der Waals surface area contributed by atoms with Gasteiger partial charge in [0.1, 0.15) is 5.75 Å². The predicted octanol–water partition coefficient (Wildman–Crippen LogP) is 1.70. The van der Waals surface area contributed by atoms with Gasteiger partial charge < -0.3 is 14.9 Å². The van der Waals surface area contributed by atoms with E-state index < -0.39 is 30.2 Å². The van der Waals surface area contributed by atoms with Crippen LogP contribution >= 0.6 is 0 Å². The molecule has 0 aliphatic rings. The van der Waals surface area contributed by atoms with E-state index in [4.69, 9.17) is 14.9 Å². The Morgan fingerprint density at radius 3 is 2.50 bits per heavy atom.